The lowest BCUT2D eigenvalue weighted by Crippen LogP contribution is -2.50. The number of ether oxygens (including phenoxy) is 4. The molecule has 7 heteroatoms. The molecule has 26 heavy (non-hydrogen) atoms. The fraction of sp³-hybridized carbons (Fsp3) is 0.684. The Kier molecular flexibility index (Phi) is 7.52. The second kappa shape index (κ2) is 10.1. The van der Waals surface area contributed by atoms with Gasteiger partial charge < -0.3 is 24.1 Å². The molecule has 2 aliphatic heterocycles. The molecule has 0 aromatic heterocycles. The Morgan fingerprint density at radius 3 is 2.42 bits per heavy atom. The first-order chi connectivity index (χ1) is 12.7. The molecular formula is C19H30N2O5. The van der Waals surface area contributed by atoms with Gasteiger partial charge in [-0.05, 0) is 24.3 Å². The summed E-state index contributed by atoms with van der Waals surface area (Å²) >= 11 is 0. The lowest BCUT2D eigenvalue weighted by molar-refractivity contribution is -0.0615. The van der Waals surface area contributed by atoms with Crippen molar-refractivity contribution in [2.45, 2.75) is 12.2 Å². The molecule has 0 spiro atoms. The molecule has 2 saturated heterocycles. The van der Waals surface area contributed by atoms with Crippen molar-refractivity contribution < 1.29 is 24.1 Å². The Balaban J connectivity index is 1.38. The Morgan fingerprint density at radius 1 is 1.04 bits per heavy atom. The van der Waals surface area contributed by atoms with Gasteiger partial charge in [0, 0.05) is 39.3 Å². The average Bonchev–Trinajstić information content (AvgIpc) is 2.68. The van der Waals surface area contributed by atoms with E-state index in [1.807, 2.05) is 24.3 Å². The standard InChI is InChI=1S/C19H30N2O5/c1-23-17-2-4-18(5-3-17)26-15-19-14-21(8-11-25-19)13-16(22)12-20-6-9-24-10-7-20/h2-5,16,19,22H,6-15H2,1H3/t16-,19-/m0/s1. The van der Waals surface area contributed by atoms with Gasteiger partial charge in [0.2, 0.25) is 0 Å². The van der Waals surface area contributed by atoms with Crippen LogP contribution in [0.1, 0.15) is 0 Å². The fourth-order valence-corrected chi connectivity index (χ4v) is 3.35. The molecule has 2 aliphatic rings. The summed E-state index contributed by atoms with van der Waals surface area (Å²) in [5, 5.41) is 10.4. The first kappa shape index (κ1) is 19.4. The van der Waals surface area contributed by atoms with E-state index in [1.165, 1.54) is 0 Å². The van der Waals surface area contributed by atoms with E-state index in [4.69, 9.17) is 18.9 Å². The van der Waals surface area contributed by atoms with Gasteiger partial charge in [0.25, 0.3) is 0 Å². The topological polar surface area (TPSA) is 63.6 Å². The molecule has 1 aromatic rings. The van der Waals surface area contributed by atoms with E-state index in [0.29, 0.717) is 26.3 Å². The van der Waals surface area contributed by atoms with Crippen LogP contribution in [0.4, 0.5) is 0 Å². The minimum absolute atomic E-state index is 0.0152. The van der Waals surface area contributed by atoms with Crippen LogP contribution >= 0.6 is 0 Å². The normalized spacial score (nSPS) is 23.5. The minimum atomic E-state index is -0.352. The smallest absolute Gasteiger partial charge is 0.119 e. The minimum Gasteiger partial charge on any atom is -0.497 e. The quantitative estimate of drug-likeness (QED) is 0.717. The molecule has 3 rings (SSSR count). The largest absolute Gasteiger partial charge is 0.497 e. The SMILES string of the molecule is COc1ccc(OC[C@@H]2CN(C[C@@H](O)CN3CCOCC3)CCO2)cc1. The molecule has 0 amide bonds. The molecule has 0 bridgehead atoms. The van der Waals surface area contributed by atoms with Crippen LogP contribution in [0.2, 0.25) is 0 Å². The van der Waals surface area contributed by atoms with E-state index < -0.39 is 0 Å². The molecule has 146 valence electrons. The van der Waals surface area contributed by atoms with Crippen LogP contribution in [0.25, 0.3) is 0 Å². The maximum Gasteiger partial charge on any atom is 0.119 e. The number of aliphatic hydroxyl groups is 1. The molecule has 2 atom stereocenters. The molecular weight excluding hydrogens is 336 g/mol. The predicted molar refractivity (Wildman–Crippen MR) is 97.9 cm³/mol. The highest BCUT2D eigenvalue weighted by molar-refractivity contribution is 5.31. The summed E-state index contributed by atoms with van der Waals surface area (Å²) in [4.78, 5) is 4.52. The second-order valence-corrected chi connectivity index (χ2v) is 6.81. The molecule has 0 unspecified atom stereocenters. The van der Waals surface area contributed by atoms with Crippen LogP contribution in [-0.2, 0) is 9.47 Å². The monoisotopic (exact) mass is 366 g/mol. The highest BCUT2D eigenvalue weighted by Gasteiger charge is 2.24. The average molecular weight is 366 g/mol. The van der Waals surface area contributed by atoms with Gasteiger partial charge in [-0.3, -0.25) is 9.80 Å². The zero-order valence-corrected chi connectivity index (χ0v) is 15.5. The van der Waals surface area contributed by atoms with Crippen molar-refractivity contribution >= 4 is 0 Å². The third kappa shape index (κ3) is 6.10. The number of nitrogens with zero attached hydrogens (tertiary/aromatic N) is 2. The van der Waals surface area contributed by atoms with E-state index in [-0.39, 0.29) is 12.2 Å². The van der Waals surface area contributed by atoms with Crippen LogP contribution < -0.4 is 9.47 Å². The first-order valence-corrected chi connectivity index (χ1v) is 9.32. The molecule has 2 fully saturated rings. The molecule has 0 radical (unpaired) electrons. The van der Waals surface area contributed by atoms with Crippen molar-refractivity contribution in [3.63, 3.8) is 0 Å². The zero-order chi connectivity index (χ0) is 18.2. The van der Waals surface area contributed by atoms with Crippen molar-refractivity contribution in [3.05, 3.63) is 24.3 Å². The van der Waals surface area contributed by atoms with Crippen molar-refractivity contribution in [2.24, 2.45) is 0 Å². The van der Waals surface area contributed by atoms with Crippen LogP contribution in [0.5, 0.6) is 11.5 Å². The van der Waals surface area contributed by atoms with E-state index in [0.717, 1.165) is 50.9 Å². The predicted octanol–water partition coefficient (Wildman–Crippen LogP) is 0.468. The summed E-state index contributed by atoms with van der Waals surface area (Å²) < 4.78 is 22.1. The third-order valence-corrected chi connectivity index (χ3v) is 4.76. The van der Waals surface area contributed by atoms with Crippen molar-refractivity contribution in [1.82, 2.24) is 9.80 Å². The van der Waals surface area contributed by atoms with Gasteiger partial charge in [-0.2, -0.15) is 0 Å². The molecule has 0 aliphatic carbocycles. The number of benzene rings is 1. The van der Waals surface area contributed by atoms with E-state index >= 15 is 0 Å². The Hall–Kier alpha value is -1.38. The molecule has 0 saturated carbocycles. The Bertz CT molecular complexity index is 521. The van der Waals surface area contributed by atoms with Crippen LogP contribution in [0.3, 0.4) is 0 Å². The number of rotatable bonds is 8. The summed E-state index contributed by atoms with van der Waals surface area (Å²) in [5.41, 5.74) is 0. The van der Waals surface area contributed by atoms with Gasteiger partial charge in [0.1, 0.15) is 24.2 Å². The van der Waals surface area contributed by atoms with E-state index in [2.05, 4.69) is 9.80 Å². The second-order valence-electron chi connectivity index (χ2n) is 6.81. The Labute approximate surface area is 155 Å². The number of methoxy groups -OCH3 is 1. The van der Waals surface area contributed by atoms with Crippen LogP contribution in [0.15, 0.2) is 24.3 Å². The summed E-state index contributed by atoms with van der Waals surface area (Å²) in [6.45, 7) is 7.48. The maximum atomic E-state index is 10.4. The number of hydrogen-bond acceptors (Lipinski definition) is 7. The summed E-state index contributed by atoms with van der Waals surface area (Å²) in [6, 6.07) is 7.55. The summed E-state index contributed by atoms with van der Waals surface area (Å²) in [6.07, 6.45) is -0.337. The highest BCUT2D eigenvalue weighted by atomic mass is 16.5. The molecule has 1 N–H and O–H groups in total. The van der Waals surface area contributed by atoms with E-state index in [9.17, 15) is 5.11 Å². The van der Waals surface area contributed by atoms with Crippen LogP contribution in [0, 0.1) is 0 Å². The Morgan fingerprint density at radius 2 is 1.69 bits per heavy atom. The third-order valence-electron chi connectivity index (χ3n) is 4.76. The first-order valence-electron chi connectivity index (χ1n) is 9.32. The molecule has 1 aromatic carbocycles. The maximum absolute atomic E-state index is 10.4. The number of hydrogen-bond donors (Lipinski definition) is 1. The molecule has 2 heterocycles. The van der Waals surface area contributed by atoms with Gasteiger partial charge in [0.05, 0.1) is 33.0 Å². The van der Waals surface area contributed by atoms with Gasteiger partial charge in [-0.15, -0.1) is 0 Å². The van der Waals surface area contributed by atoms with Gasteiger partial charge in [-0.1, -0.05) is 0 Å². The summed E-state index contributed by atoms with van der Waals surface area (Å²) in [5.74, 6) is 1.62. The number of aliphatic hydroxyl groups excluding tert-OH is 1. The van der Waals surface area contributed by atoms with Crippen molar-refractivity contribution in [3.8, 4) is 11.5 Å². The van der Waals surface area contributed by atoms with E-state index in [1.54, 1.807) is 7.11 Å². The lowest BCUT2D eigenvalue weighted by atomic mass is 10.2. The van der Waals surface area contributed by atoms with Crippen molar-refractivity contribution in [2.75, 3.05) is 72.8 Å². The lowest BCUT2D eigenvalue weighted by Gasteiger charge is -2.35. The fourth-order valence-electron chi connectivity index (χ4n) is 3.35. The van der Waals surface area contributed by atoms with Crippen molar-refractivity contribution in [1.29, 1.82) is 0 Å². The van der Waals surface area contributed by atoms with Gasteiger partial charge >= 0.3 is 0 Å². The van der Waals surface area contributed by atoms with Gasteiger partial charge in [-0.25, -0.2) is 0 Å². The van der Waals surface area contributed by atoms with Crippen LogP contribution in [-0.4, -0.2) is 99.9 Å². The summed E-state index contributed by atoms with van der Waals surface area (Å²) in [7, 11) is 1.65. The zero-order valence-electron chi connectivity index (χ0n) is 15.5. The highest BCUT2D eigenvalue weighted by Crippen LogP contribution is 2.18. The number of morpholine rings is 2. The van der Waals surface area contributed by atoms with Gasteiger partial charge in [0.15, 0.2) is 0 Å². The number of β-amino-alcohol motifs (C(OH)–C–C–N with tert-alkyl or cyclic N) is 1. The molecule has 7 nitrogen and oxygen atoms in total.